The summed E-state index contributed by atoms with van der Waals surface area (Å²) in [4.78, 5) is 35.2. The molecule has 0 bridgehead atoms. The number of hydrogen-bond donors (Lipinski definition) is 3. The van der Waals surface area contributed by atoms with Gasteiger partial charge in [-0.25, -0.2) is 4.98 Å². The van der Waals surface area contributed by atoms with E-state index in [2.05, 4.69) is 15.2 Å². The second-order valence-corrected chi connectivity index (χ2v) is 9.78. The minimum Gasteiger partial charge on any atom is -0.378 e. The molecule has 0 saturated carbocycles. The van der Waals surface area contributed by atoms with Gasteiger partial charge in [0.25, 0.3) is 5.91 Å². The lowest BCUT2D eigenvalue weighted by Gasteiger charge is -2.37. The van der Waals surface area contributed by atoms with Gasteiger partial charge in [-0.05, 0) is 30.7 Å². The van der Waals surface area contributed by atoms with Gasteiger partial charge in [0.1, 0.15) is 6.23 Å². The maximum atomic E-state index is 12.4. The smallest absolute Gasteiger partial charge is 0.257 e. The number of aliphatic hydroxyl groups is 1. The minimum atomic E-state index is -0.665. The Morgan fingerprint density at radius 2 is 1.94 bits per heavy atom. The van der Waals surface area contributed by atoms with Crippen LogP contribution >= 0.6 is 22.9 Å². The molecule has 2 aliphatic heterocycles. The fourth-order valence-corrected chi connectivity index (χ4v) is 4.91. The van der Waals surface area contributed by atoms with E-state index in [1.807, 2.05) is 15.2 Å². The highest BCUT2D eigenvalue weighted by Crippen LogP contribution is 2.19. The van der Waals surface area contributed by atoms with Crippen LogP contribution in [0.1, 0.15) is 22.5 Å². The summed E-state index contributed by atoms with van der Waals surface area (Å²) in [6.45, 7) is 4.60. The summed E-state index contributed by atoms with van der Waals surface area (Å²) in [5.74, 6) is -0.123. The molecule has 33 heavy (non-hydrogen) atoms. The molecule has 4 rings (SSSR count). The molecule has 2 saturated heterocycles. The summed E-state index contributed by atoms with van der Waals surface area (Å²) in [5.41, 5.74) is 7.12. The Balaban J connectivity index is 1.21. The molecule has 0 radical (unpaired) electrons. The van der Waals surface area contributed by atoms with Gasteiger partial charge in [0.15, 0.2) is 5.13 Å². The molecule has 0 aliphatic carbocycles. The van der Waals surface area contributed by atoms with Crippen molar-refractivity contribution in [1.29, 1.82) is 0 Å². The van der Waals surface area contributed by atoms with Crippen LogP contribution in [0.25, 0.3) is 0 Å². The van der Waals surface area contributed by atoms with Crippen molar-refractivity contribution in [1.82, 2.24) is 19.7 Å². The fourth-order valence-electron chi connectivity index (χ4n) is 4.07. The van der Waals surface area contributed by atoms with E-state index in [0.717, 1.165) is 31.7 Å². The van der Waals surface area contributed by atoms with Crippen molar-refractivity contribution in [2.75, 3.05) is 51.1 Å². The Bertz CT molecular complexity index is 963. The number of halogens is 1. The van der Waals surface area contributed by atoms with Crippen molar-refractivity contribution in [3.05, 3.63) is 45.9 Å². The molecule has 9 nitrogen and oxygen atoms in total. The predicted octanol–water partition coefficient (Wildman–Crippen LogP) is 1.09. The first-order valence-corrected chi connectivity index (χ1v) is 12.3. The molecule has 11 heteroatoms. The van der Waals surface area contributed by atoms with Crippen LogP contribution in [0.4, 0.5) is 5.13 Å². The maximum absolute atomic E-state index is 12.4. The van der Waals surface area contributed by atoms with Gasteiger partial charge in [-0.2, -0.15) is 0 Å². The number of aliphatic hydroxyl groups excluding tert-OH is 1. The summed E-state index contributed by atoms with van der Waals surface area (Å²) < 4.78 is 0. The molecule has 2 amide bonds. The number of anilines is 1. The fraction of sp³-hybridized carbons (Fsp3) is 0.500. The van der Waals surface area contributed by atoms with Crippen LogP contribution in [0.3, 0.4) is 0 Å². The molecule has 0 spiro atoms. The Labute approximate surface area is 202 Å². The monoisotopic (exact) mass is 492 g/mol. The normalized spacial score (nSPS) is 20.7. The number of nitrogens with two attached hydrogens (primary N) is 1. The molecule has 2 aromatic rings. The molecule has 1 aromatic carbocycles. The lowest BCUT2D eigenvalue weighted by Crippen LogP contribution is -2.53. The van der Waals surface area contributed by atoms with Crippen LogP contribution in [-0.2, 0) is 11.2 Å². The van der Waals surface area contributed by atoms with E-state index in [-0.39, 0.29) is 17.9 Å². The highest BCUT2D eigenvalue weighted by atomic mass is 35.5. The van der Waals surface area contributed by atoms with Crippen molar-refractivity contribution < 1.29 is 14.7 Å². The highest BCUT2D eigenvalue weighted by Gasteiger charge is 2.28. The number of nitrogens with one attached hydrogen (secondary N) is 1. The molecule has 1 aromatic heterocycles. The second kappa shape index (κ2) is 10.9. The third-order valence-electron chi connectivity index (χ3n) is 6.03. The average Bonchev–Trinajstić information content (AvgIpc) is 3.43. The maximum Gasteiger partial charge on any atom is 0.257 e. The second-order valence-electron chi connectivity index (χ2n) is 8.49. The van der Waals surface area contributed by atoms with E-state index in [0.29, 0.717) is 48.3 Å². The lowest BCUT2D eigenvalue weighted by atomic mass is 10.2. The van der Waals surface area contributed by atoms with Gasteiger partial charge in [0.2, 0.25) is 5.91 Å². The van der Waals surface area contributed by atoms with Gasteiger partial charge >= 0.3 is 0 Å². The number of nitrogens with zero attached hydrogens (tertiary/aromatic N) is 4. The van der Waals surface area contributed by atoms with Gasteiger partial charge in [-0.3, -0.25) is 24.7 Å². The lowest BCUT2D eigenvalue weighted by molar-refractivity contribution is -0.132. The first-order chi connectivity index (χ1) is 15.9. The van der Waals surface area contributed by atoms with Crippen LogP contribution < -0.4 is 11.1 Å². The number of aromatic nitrogens is 1. The number of likely N-dealkylation sites (tertiary alicyclic amines) is 1. The van der Waals surface area contributed by atoms with Gasteiger partial charge in [0.05, 0.1) is 12.2 Å². The van der Waals surface area contributed by atoms with Gasteiger partial charge in [0, 0.05) is 67.7 Å². The van der Waals surface area contributed by atoms with Gasteiger partial charge in [-0.15, -0.1) is 11.3 Å². The topological polar surface area (TPSA) is 115 Å². The number of piperazine rings is 1. The first-order valence-electron chi connectivity index (χ1n) is 11.1. The summed E-state index contributed by atoms with van der Waals surface area (Å²) >= 11 is 7.19. The molecule has 2 unspecified atom stereocenters. The van der Waals surface area contributed by atoms with E-state index in [4.69, 9.17) is 17.3 Å². The van der Waals surface area contributed by atoms with Crippen LogP contribution in [0, 0.1) is 0 Å². The molecular formula is C22H29ClN6O3S. The van der Waals surface area contributed by atoms with Crippen LogP contribution in [0.2, 0.25) is 5.02 Å². The zero-order valence-corrected chi connectivity index (χ0v) is 19.9. The van der Waals surface area contributed by atoms with Crippen molar-refractivity contribution >= 4 is 39.9 Å². The Morgan fingerprint density at radius 1 is 1.21 bits per heavy atom. The molecule has 3 heterocycles. The number of rotatable bonds is 7. The van der Waals surface area contributed by atoms with Crippen LogP contribution in [0.15, 0.2) is 29.6 Å². The largest absolute Gasteiger partial charge is 0.378 e. The summed E-state index contributed by atoms with van der Waals surface area (Å²) in [5, 5.41) is 16.4. The number of thiazole rings is 1. The Morgan fingerprint density at radius 3 is 2.61 bits per heavy atom. The molecule has 2 aliphatic rings. The number of carbonyl (C=O) groups is 2. The van der Waals surface area contributed by atoms with Crippen molar-refractivity contribution in [2.45, 2.75) is 25.1 Å². The minimum absolute atomic E-state index is 0.0953. The number of amides is 2. The summed E-state index contributed by atoms with van der Waals surface area (Å²) in [7, 11) is 0. The SMILES string of the molecule is NC1CCN(C(=O)CN2CCN(C(O)Cc3csc(NC(=O)c4ccc(Cl)cc4)n3)CC2)C1. The number of hydrogen-bond acceptors (Lipinski definition) is 8. The number of benzene rings is 1. The highest BCUT2D eigenvalue weighted by molar-refractivity contribution is 7.14. The van der Waals surface area contributed by atoms with Crippen LogP contribution in [0.5, 0.6) is 0 Å². The van der Waals surface area contributed by atoms with Gasteiger partial charge in [-0.1, -0.05) is 11.6 Å². The van der Waals surface area contributed by atoms with E-state index in [9.17, 15) is 14.7 Å². The van der Waals surface area contributed by atoms with Crippen molar-refractivity contribution in [3.63, 3.8) is 0 Å². The third kappa shape index (κ3) is 6.50. The molecule has 2 atom stereocenters. The predicted molar refractivity (Wildman–Crippen MR) is 128 cm³/mol. The average molecular weight is 493 g/mol. The van der Waals surface area contributed by atoms with Gasteiger partial charge < -0.3 is 15.7 Å². The molecule has 4 N–H and O–H groups in total. The Hall–Kier alpha value is -2.08. The van der Waals surface area contributed by atoms with Crippen molar-refractivity contribution in [2.24, 2.45) is 5.73 Å². The first kappa shape index (κ1) is 24.1. The Kier molecular flexibility index (Phi) is 7.94. The number of carbonyl (C=O) groups excluding carboxylic acids is 2. The zero-order chi connectivity index (χ0) is 23.4. The van der Waals surface area contributed by atoms with E-state index < -0.39 is 6.23 Å². The quantitative estimate of drug-likeness (QED) is 0.530. The molecule has 178 valence electrons. The van der Waals surface area contributed by atoms with Crippen molar-refractivity contribution in [3.8, 4) is 0 Å². The summed E-state index contributed by atoms with van der Waals surface area (Å²) in [6.07, 6.45) is 0.577. The molecular weight excluding hydrogens is 464 g/mol. The third-order valence-corrected chi connectivity index (χ3v) is 7.09. The zero-order valence-electron chi connectivity index (χ0n) is 18.3. The van der Waals surface area contributed by atoms with Crippen LogP contribution in [-0.4, -0.2) is 94.7 Å². The van der Waals surface area contributed by atoms with E-state index in [1.54, 1.807) is 24.3 Å². The van der Waals surface area contributed by atoms with E-state index >= 15 is 0 Å². The summed E-state index contributed by atoms with van der Waals surface area (Å²) in [6, 6.07) is 6.74. The standard InChI is InChI=1S/C22H29ClN6O3S/c23-16-3-1-15(2-4-16)21(32)26-22-25-18(14-33-22)11-19(30)28-9-7-27(8-10-28)13-20(31)29-6-5-17(24)12-29/h1-4,14,17,19,30H,5-13,24H2,(H,25,26,32). The van der Waals surface area contributed by atoms with E-state index in [1.165, 1.54) is 11.3 Å². The molecule has 2 fully saturated rings.